The van der Waals surface area contributed by atoms with E-state index >= 15 is 0 Å². The lowest BCUT2D eigenvalue weighted by atomic mass is 9.96. The molecule has 0 saturated heterocycles. The van der Waals surface area contributed by atoms with E-state index in [0.717, 1.165) is 41.7 Å². The highest BCUT2D eigenvalue weighted by Gasteiger charge is 2.16. The third kappa shape index (κ3) is 8.83. The van der Waals surface area contributed by atoms with Crippen molar-refractivity contribution >= 4 is 11.8 Å². The standard InChI is InChI=1S/C31H38N2O5/c1-36-26-11-7-10-24(22-26)12-14-27-25(13-15-28(37-2)31(27)38-3)19-21-33-30(35)17-16-29(34)32-20-18-23-8-5-4-6-9-23/h4-11,13,15,22H,12,14,16-21H2,1-3H3,(H,32,34)(H,33,35). The van der Waals surface area contributed by atoms with Crippen molar-refractivity contribution in [2.45, 2.75) is 38.5 Å². The zero-order chi connectivity index (χ0) is 27.2. The smallest absolute Gasteiger partial charge is 0.220 e. The quantitative estimate of drug-likeness (QED) is 0.313. The molecule has 0 fully saturated rings. The van der Waals surface area contributed by atoms with Gasteiger partial charge in [-0.15, -0.1) is 0 Å². The summed E-state index contributed by atoms with van der Waals surface area (Å²) in [5.74, 6) is 1.97. The first-order valence-electron chi connectivity index (χ1n) is 13.0. The zero-order valence-electron chi connectivity index (χ0n) is 22.5. The first-order chi connectivity index (χ1) is 18.5. The molecule has 0 aliphatic carbocycles. The predicted molar refractivity (Wildman–Crippen MR) is 149 cm³/mol. The normalized spacial score (nSPS) is 10.5. The van der Waals surface area contributed by atoms with Crippen LogP contribution in [0.25, 0.3) is 0 Å². The molecule has 7 nitrogen and oxygen atoms in total. The number of nitrogens with one attached hydrogen (secondary N) is 2. The summed E-state index contributed by atoms with van der Waals surface area (Å²) in [7, 11) is 4.93. The zero-order valence-corrected chi connectivity index (χ0v) is 22.5. The molecule has 38 heavy (non-hydrogen) atoms. The van der Waals surface area contributed by atoms with Gasteiger partial charge < -0.3 is 24.8 Å². The van der Waals surface area contributed by atoms with Crippen LogP contribution in [0.15, 0.2) is 66.7 Å². The Bertz CT molecular complexity index is 1180. The van der Waals surface area contributed by atoms with Crippen LogP contribution in [0.1, 0.15) is 35.1 Å². The number of carbonyl (C=O) groups is 2. The lowest BCUT2D eigenvalue weighted by Crippen LogP contribution is -2.30. The number of carbonyl (C=O) groups excluding carboxylic acids is 2. The fourth-order valence-electron chi connectivity index (χ4n) is 4.37. The van der Waals surface area contributed by atoms with E-state index in [1.165, 1.54) is 5.56 Å². The van der Waals surface area contributed by atoms with Crippen LogP contribution in [0.3, 0.4) is 0 Å². The van der Waals surface area contributed by atoms with Gasteiger partial charge in [0.15, 0.2) is 11.5 Å². The molecule has 3 rings (SSSR count). The predicted octanol–water partition coefficient (Wildman–Crippen LogP) is 4.30. The van der Waals surface area contributed by atoms with E-state index in [0.29, 0.717) is 31.0 Å². The number of rotatable bonds is 15. The number of hydrogen-bond acceptors (Lipinski definition) is 5. The van der Waals surface area contributed by atoms with Gasteiger partial charge >= 0.3 is 0 Å². The van der Waals surface area contributed by atoms with Crippen LogP contribution in [0.4, 0.5) is 0 Å². The first-order valence-corrected chi connectivity index (χ1v) is 13.0. The fraction of sp³-hybridized carbons (Fsp3) is 0.355. The van der Waals surface area contributed by atoms with Crippen LogP contribution in [0.5, 0.6) is 17.2 Å². The Kier molecular flexibility index (Phi) is 11.5. The number of amides is 2. The van der Waals surface area contributed by atoms with Crippen molar-refractivity contribution < 1.29 is 23.8 Å². The minimum absolute atomic E-state index is 0.115. The Balaban J connectivity index is 1.49. The second kappa shape index (κ2) is 15.3. The largest absolute Gasteiger partial charge is 0.497 e. The molecule has 0 heterocycles. The van der Waals surface area contributed by atoms with Crippen molar-refractivity contribution in [2.24, 2.45) is 0 Å². The van der Waals surface area contributed by atoms with Gasteiger partial charge in [0.2, 0.25) is 11.8 Å². The van der Waals surface area contributed by atoms with Gasteiger partial charge in [0.1, 0.15) is 5.75 Å². The van der Waals surface area contributed by atoms with Gasteiger partial charge in [-0.3, -0.25) is 9.59 Å². The summed E-state index contributed by atoms with van der Waals surface area (Å²) in [6.45, 7) is 1.03. The topological polar surface area (TPSA) is 85.9 Å². The van der Waals surface area contributed by atoms with Crippen LogP contribution < -0.4 is 24.8 Å². The van der Waals surface area contributed by atoms with Gasteiger partial charge in [-0.2, -0.15) is 0 Å². The molecule has 2 amide bonds. The average Bonchev–Trinajstić information content (AvgIpc) is 2.95. The molecule has 3 aromatic rings. The van der Waals surface area contributed by atoms with Crippen molar-refractivity contribution in [3.05, 3.63) is 89.0 Å². The minimum atomic E-state index is -0.137. The van der Waals surface area contributed by atoms with Gasteiger partial charge in [0.25, 0.3) is 0 Å². The van der Waals surface area contributed by atoms with E-state index in [9.17, 15) is 9.59 Å². The Morgan fingerprint density at radius 2 is 1.34 bits per heavy atom. The summed E-state index contributed by atoms with van der Waals surface area (Å²) in [6.07, 6.45) is 3.29. The summed E-state index contributed by atoms with van der Waals surface area (Å²) >= 11 is 0. The van der Waals surface area contributed by atoms with Crippen molar-refractivity contribution in [3.63, 3.8) is 0 Å². The lowest BCUT2D eigenvalue weighted by Gasteiger charge is -2.17. The Morgan fingerprint density at radius 1 is 0.658 bits per heavy atom. The number of methoxy groups -OCH3 is 3. The van der Waals surface area contributed by atoms with Gasteiger partial charge in [-0.1, -0.05) is 48.5 Å². The average molecular weight is 519 g/mol. The molecular formula is C31H38N2O5. The van der Waals surface area contributed by atoms with Crippen molar-refractivity contribution in [2.75, 3.05) is 34.4 Å². The van der Waals surface area contributed by atoms with E-state index in [-0.39, 0.29) is 24.7 Å². The molecule has 2 N–H and O–H groups in total. The number of benzene rings is 3. The number of aryl methyl sites for hydroxylation is 1. The van der Waals surface area contributed by atoms with Crippen molar-refractivity contribution in [1.82, 2.24) is 10.6 Å². The maximum absolute atomic E-state index is 12.4. The Labute approximate surface area is 225 Å². The van der Waals surface area contributed by atoms with Gasteiger partial charge in [0, 0.05) is 31.5 Å². The fourth-order valence-corrected chi connectivity index (χ4v) is 4.37. The third-order valence-corrected chi connectivity index (χ3v) is 6.42. The van der Waals surface area contributed by atoms with Gasteiger partial charge in [-0.25, -0.2) is 0 Å². The van der Waals surface area contributed by atoms with E-state index in [2.05, 4.69) is 16.7 Å². The molecule has 0 atom stereocenters. The second-order valence-corrected chi connectivity index (χ2v) is 8.98. The van der Waals surface area contributed by atoms with E-state index in [4.69, 9.17) is 14.2 Å². The monoisotopic (exact) mass is 518 g/mol. The van der Waals surface area contributed by atoms with Crippen LogP contribution in [0, 0.1) is 0 Å². The van der Waals surface area contributed by atoms with Crippen molar-refractivity contribution in [1.29, 1.82) is 0 Å². The highest BCUT2D eigenvalue weighted by Crippen LogP contribution is 2.34. The first kappa shape index (κ1) is 28.6. The molecule has 3 aromatic carbocycles. The minimum Gasteiger partial charge on any atom is -0.497 e. The maximum Gasteiger partial charge on any atom is 0.220 e. The van der Waals surface area contributed by atoms with Gasteiger partial charge in [0.05, 0.1) is 21.3 Å². The highest BCUT2D eigenvalue weighted by molar-refractivity contribution is 5.83. The third-order valence-electron chi connectivity index (χ3n) is 6.42. The summed E-state index contributed by atoms with van der Waals surface area (Å²) in [6, 6.07) is 21.9. The molecule has 0 unspecified atom stereocenters. The van der Waals surface area contributed by atoms with E-state index < -0.39 is 0 Å². The maximum atomic E-state index is 12.4. The molecule has 0 bridgehead atoms. The summed E-state index contributed by atoms with van der Waals surface area (Å²) in [5, 5.41) is 5.82. The summed E-state index contributed by atoms with van der Waals surface area (Å²) in [4.78, 5) is 24.5. The van der Waals surface area contributed by atoms with Gasteiger partial charge in [-0.05, 0) is 60.6 Å². The number of hydrogen-bond donors (Lipinski definition) is 2. The Morgan fingerprint density at radius 3 is 2.00 bits per heavy atom. The lowest BCUT2D eigenvalue weighted by molar-refractivity contribution is -0.126. The SMILES string of the molecule is COc1cccc(CCc2c(CCNC(=O)CCC(=O)NCCc3ccccc3)ccc(OC)c2OC)c1. The summed E-state index contributed by atoms with van der Waals surface area (Å²) in [5.41, 5.74) is 4.48. The molecule has 0 aromatic heterocycles. The van der Waals surface area contributed by atoms with E-state index in [1.807, 2.05) is 60.7 Å². The molecule has 0 aliphatic rings. The Hall–Kier alpha value is -4.00. The molecule has 0 radical (unpaired) electrons. The molecular weight excluding hydrogens is 480 g/mol. The van der Waals surface area contributed by atoms with Crippen molar-refractivity contribution in [3.8, 4) is 17.2 Å². The summed E-state index contributed by atoms with van der Waals surface area (Å²) < 4.78 is 16.6. The van der Waals surface area contributed by atoms with Crippen LogP contribution in [-0.4, -0.2) is 46.2 Å². The van der Waals surface area contributed by atoms with Crippen LogP contribution in [0.2, 0.25) is 0 Å². The second-order valence-electron chi connectivity index (χ2n) is 8.98. The molecule has 202 valence electrons. The highest BCUT2D eigenvalue weighted by atomic mass is 16.5. The van der Waals surface area contributed by atoms with E-state index in [1.54, 1.807) is 21.3 Å². The molecule has 0 saturated carbocycles. The molecule has 0 spiro atoms. The van der Waals surface area contributed by atoms with Crippen LogP contribution in [-0.2, 0) is 35.3 Å². The van der Waals surface area contributed by atoms with Crippen LogP contribution >= 0.6 is 0 Å². The molecule has 0 aliphatic heterocycles. The molecule has 7 heteroatoms. The number of ether oxygens (including phenoxy) is 3.